The minimum absolute atomic E-state index is 0.00287. The Labute approximate surface area is 87.4 Å². The Balaban J connectivity index is 3.17. The van der Waals surface area contributed by atoms with Crippen LogP contribution in [0.2, 0.25) is 0 Å². The summed E-state index contributed by atoms with van der Waals surface area (Å²) in [7, 11) is 3.49. The number of nitrogens with zero attached hydrogens (tertiary/aromatic N) is 4. The van der Waals surface area contributed by atoms with Crippen molar-refractivity contribution in [1.82, 2.24) is 9.99 Å². The molecule has 0 saturated heterocycles. The molecule has 0 saturated carbocycles. The van der Waals surface area contributed by atoms with Gasteiger partial charge in [0.05, 0.1) is 16.7 Å². The molecule has 0 aliphatic carbocycles. The van der Waals surface area contributed by atoms with Crippen LogP contribution in [0.25, 0.3) is 0 Å². The number of hydrazone groups is 1. The predicted molar refractivity (Wildman–Crippen MR) is 56.9 cm³/mol. The lowest BCUT2D eigenvalue weighted by atomic mass is 10.2. The summed E-state index contributed by atoms with van der Waals surface area (Å²) in [6.07, 6.45) is 2.98. The van der Waals surface area contributed by atoms with E-state index in [0.717, 1.165) is 0 Å². The quantitative estimate of drug-likeness (QED) is 0.425. The molecule has 1 aromatic rings. The monoisotopic (exact) mass is 208 g/mol. The number of rotatable bonds is 3. The molecule has 1 rings (SSSR count). The summed E-state index contributed by atoms with van der Waals surface area (Å²) < 4.78 is 0. The van der Waals surface area contributed by atoms with Crippen LogP contribution < -0.4 is 0 Å². The standard InChI is InChI=1S/C9H12N4O2/c1-7-9(13(14)15)8(4-5-10-7)6-11-12(2)3/h4-6H,1-3H3/b11-6+. The van der Waals surface area contributed by atoms with E-state index >= 15 is 0 Å². The van der Waals surface area contributed by atoms with Crippen molar-refractivity contribution >= 4 is 11.9 Å². The van der Waals surface area contributed by atoms with Crippen molar-refractivity contribution in [3.8, 4) is 0 Å². The van der Waals surface area contributed by atoms with Crippen molar-refractivity contribution in [2.45, 2.75) is 6.92 Å². The maximum Gasteiger partial charge on any atom is 0.299 e. The van der Waals surface area contributed by atoms with Crippen molar-refractivity contribution in [3.63, 3.8) is 0 Å². The minimum Gasteiger partial charge on any atom is -0.303 e. The van der Waals surface area contributed by atoms with Gasteiger partial charge in [0.1, 0.15) is 5.69 Å². The van der Waals surface area contributed by atoms with Gasteiger partial charge in [-0.3, -0.25) is 15.1 Å². The summed E-state index contributed by atoms with van der Waals surface area (Å²) in [5, 5.41) is 16.3. The first-order valence-corrected chi connectivity index (χ1v) is 4.33. The molecule has 6 nitrogen and oxygen atoms in total. The SMILES string of the molecule is Cc1nccc(/C=N/N(C)C)c1[N+](=O)[O-]. The third kappa shape index (κ3) is 2.73. The van der Waals surface area contributed by atoms with Crippen LogP contribution in [0.15, 0.2) is 17.4 Å². The molecule has 6 heteroatoms. The molecule has 0 N–H and O–H groups in total. The van der Waals surface area contributed by atoms with E-state index in [1.54, 1.807) is 32.1 Å². The van der Waals surface area contributed by atoms with Gasteiger partial charge < -0.3 is 5.01 Å². The largest absolute Gasteiger partial charge is 0.303 e. The van der Waals surface area contributed by atoms with Gasteiger partial charge in [0.15, 0.2) is 0 Å². The van der Waals surface area contributed by atoms with Crippen LogP contribution in [0.1, 0.15) is 11.3 Å². The molecular formula is C9H12N4O2. The lowest BCUT2D eigenvalue weighted by molar-refractivity contribution is -0.385. The van der Waals surface area contributed by atoms with Gasteiger partial charge in [0.25, 0.3) is 5.69 Å². The van der Waals surface area contributed by atoms with E-state index in [2.05, 4.69) is 10.1 Å². The minimum atomic E-state index is -0.445. The van der Waals surface area contributed by atoms with Crippen LogP contribution in [0.3, 0.4) is 0 Å². The van der Waals surface area contributed by atoms with E-state index in [0.29, 0.717) is 11.3 Å². The average Bonchev–Trinajstić information content (AvgIpc) is 2.13. The molecule has 0 unspecified atom stereocenters. The van der Waals surface area contributed by atoms with Crippen LogP contribution in [-0.4, -0.2) is 35.2 Å². The molecule has 0 atom stereocenters. The topological polar surface area (TPSA) is 71.6 Å². The zero-order valence-electron chi connectivity index (χ0n) is 8.84. The number of nitro groups is 1. The molecule has 0 bridgehead atoms. The lowest BCUT2D eigenvalue weighted by Crippen LogP contribution is -2.04. The van der Waals surface area contributed by atoms with Crippen molar-refractivity contribution in [3.05, 3.63) is 33.6 Å². The first-order valence-electron chi connectivity index (χ1n) is 4.33. The third-order valence-electron chi connectivity index (χ3n) is 1.75. The van der Waals surface area contributed by atoms with Crippen molar-refractivity contribution < 1.29 is 4.92 Å². The Hall–Kier alpha value is -1.98. The van der Waals surface area contributed by atoms with E-state index in [9.17, 15) is 10.1 Å². The molecule has 15 heavy (non-hydrogen) atoms. The molecule has 0 aliphatic rings. The molecule has 0 amide bonds. The lowest BCUT2D eigenvalue weighted by Gasteiger charge is -2.03. The van der Waals surface area contributed by atoms with Gasteiger partial charge in [0, 0.05) is 20.3 Å². The number of hydrogen-bond acceptors (Lipinski definition) is 5. The fraction of sp³-hybridized carbons (Fsp3) is 0.333. The van der Waals surface area contributed by atoms with Gasteiger partial charge in [-0.25, -0.2) is 0 Å². The highest BCUT2D eigenvalue weighted by molar-refractivity contribution is 5.85. The normalized spacial score (nSPS) is 10.6. The Morgan fingerprint density at radius 1 is 1.60 bits per heavy atom. The van der Waals surface area contributed by atoms with Gasteiger partial charge in [-0.1, -0.05) is 0 Å². The van der Waals surface area contributed by atoms with E-state index in [4.69, 9.17) is 0 Å². The van der Waals surface area contributed by atoms with Crippen LogP contribution in [-0.2, 0) is 0 Å². The highest BCUT2D eigenvalue weighted by Gasteiger charge is 2.16. The second-order valence-corrected chi connectivity index (χ2v) is 3.18. The van der Waals surface area contributed by atoms with E-state index < -0.39 is 4.92 Å². The first-order chi connectivity index (χ1) is 7.02. The van der Waals surface area contributed by atoms with Crippen LogP contribution in [0.4, 0.5) is 5.69 Å². The average molecular weight is 208 g/mol. The summed E-state index contributed by atoms with van der Waals surface area (Å²) in [4.78, 5) is 14.2. The number of aromatic nitrogens is 1. The molecule has 1 heterocycles. The highest BCUT2D eigenvalue weighted by atomic mass is 16.6. The Morgan fingerprint density at radius 2 is 2.27 bits per heavy atom. The van der Waals surface area contributed by atoms with Crippen LogP contribution in [0, 0.1) is 17.0 Å². The molecule has 0 aliphatic heterocycles. The molecule has 1 aromatic heterocycles. The first kappa shape index (κ1) is 11.1. The number of hydrogen-bond donors (Lipinski definition) is 0. The molecule has 80 valence electrons. The molecule has 0 radical (unpaired) electrons. The predicted octanol–water partition coefficient (Wildman–Crippen LogP) is 1.19. The van der Waals surface area contributed by atoms with Gasteiger partial charge in [-0.15, -0.1) is 0 Å². The highest BCUT2D eigenvalue weighted by Crippen LogP contribution is 2.19. The maximum atomic E-state index is 10.8. The Morgan fingerprint density at radius 3 is 2.80 bits per heavy atom. The third-order valence-corrected chi connectivity index (χ3v) is 1.75. The van der Waals surface area contributed by atoms with Crippen LogP contribution >= 0.6 is 0 Å². The fourth-order valence-electron chi connectivity index (χ4n) is 1.10. The van der Waals surface area contributed by atoms with Crippen LogP contribution in [0.5, 0.6) is 0 Å². The molecule has 0 fully saturated rings. The fourth-order valence-corrected chi connectivity index (χ4v) is 1.10. The summed E-state index contributed by atoms with van der Waals surface area (Å²) in [6, 6.07) is 1.57. The molecule has 0 aromatic carbocycles. The summed E-state index contributed by atoms with van der Waals surface area (Å²) >= 11 is 0. The van der Waals surface area contributed by atoms with Crippen molar-refractivity contribution in [2.75, 3.05) is 14.1 Å². The smallest absolute Gasteiger partial charge is 0.299 e. The molecule has 0 spiro atoms. The number of pyridine rings is 1. The summed E-state index contributed by atoms with van der Waals surface area (Å²) in [6.45, 7) is 1.60. The van der Waals surface area contributed by atoms with Crippen molar-refractivity contribution in [1.29, 1.82) is 0 Å². The van der Waals surface area contributed by atoms with Gasteiger partial charge in [0.2, 0.25) is 0 Å². The second-order valence-electron chi connectivity index (χ2n) is 3.18. The summed E-state index contributed by atoms with van der Waals surface area (Å²) in [5.41, 5.74) is 0.854. The van der Waals surface area contributed by atoms with Gasteiger partial charge in [-0.05, 0) is 13.0 Å². The van der Waals surface area contributed by atoms with E-state index in [1.165, 1.54) is 12.4 Å². The zero-order valence-corrected chi connectivity index (χ0v) is 8.84. The Kier molecular flexibility index (Phi) is 3.33. The van der Waals surface area contributed by atoms with Gasteiger partial charge in [-0.2, -0.15) is 5.10 Å². The van der Waals surface area contributed by atoms with Gasteiger partial charge >= 0.3 is 0 Å². The van der Waals surface area contributed by atoms with E-state index in [1.807, 2.05) is 0 Å². The van der Waals surface area contributed by atoms with E-state index in [-0.39, 0.29) is 5.69 Å². The maximum absolute atomic E-state index is 10.8. The zero-order chi connectivity index (χ0) is 11.4. The summed E-state index contributed by atoms with van der Waals surface area (Å²) in [5.74, 6) is 0. The molecular weight excluding hydrogens is 196 g/mol. The van der Waals surface area contributed by atoms with Crippen molar-refractivity contribution in [2.24, 2.45) is 5.10 Å². The Bertz CT molecular complexity index is 401. The number of aryl methyl sites for hydroxylation is 1. The second kappa shape index (κ2) is 4.50.